The van der Waals surface area contributed by atoms with E-state index in [-0.39, 0.29) is 29.5 Å². The SMILES string of the molecule is CC(C(=O)NC1CC(O)C1(C)C)n1cncn1. The lowest BCUT2D eigenvalue weighted by atomic mass is 9.64. The highest BCUT2D eigenvalue weighted by atomic mass is 16.3. The Morgan fingerprint density at radius 2 is 2.35 bits per heavy atom. The Kier molecular flexibility index (Phi) is 2.91. The zero-order valence-corrected chi connectivity index (χ0v) is 10.3. The summed E-state index contributed by atoms with van der Waals surface area (Å²) in [5.74, 6) is -0.0968. The molecule has 1 saturated carbocycles. The minimum absolute atomic E-state index is 0.0240. The van der Waals surface area contributed by atoms with E-state index in [1.54, 1.807) is 6.92 Å². The number of carbonyl (C=O) groups is 1. The van der Waals surface area contributed by atoms with E-state index >= 15 is 0 Å². The molecule has 0 saturated heterocycles. The summed E-state index contributed by atoms with van der Waals surface area (Å²) in [5.41, 5.74) is -0.252. The average Bonchev–Trinajstić information content (AvgIpc) is 2.81. The van der Waals surface area contributed by atoms with Gasteiger partial charge in [0.25, 0.3) is 0 Å². The first-order valence-corrected chi connectivity index (χ1v) is 5.75. The van der Waals surface area contributed by atoms with Crippen molar-refractivity contribution in [3.63, 3.8) is 0 Å². The number of hydrogen-bond donors (Lipinski definition) is 2. The number of nitrogens with one attached hydrogen (secondary N) is 1. The van der Waals surface area contributed by atoms with E-state index in [0.717, 1.165) is 0 Å². The molecular formula is C11H18N4O2. The molecule has 94 valence electrons. The van der Waals surface area contributed by atoms with E-state index in [9.17, 15) is 9.90 Å². The van der Waals surface area contributed by atoms with Crippen LogP contribution < -0.4 is 5.32 Å². The molecule has 6 nitrogen and oxygen atoms in total. The van der Waals surface area contributed by atoms with E-state index in [0.29, 0.717) is 6.42 Å². The van der Waals surface area contributed by atoms with Gasteiger partial charge in [-0.2, -0.15) is 5.10 Å². The van der Waals surface area contributed by atoms with E-state index in [4.69, 9.17) is 0 Å². The summed E-state index contributed by atoms with van der Waals surface area (Å²) in [6.07, 6.45) is 3.20. The molecule has 0 bridgehead atoms. The van der Waals surface area contributed by atoms with Crippen molar-refractivity contribution in [3.8, 4) is 0 Å². The Bertz CT molecular complexity index is 402. The predicted molar refractivity (Wildman–Crippen MR) is 61.1 cm³/mol. The van der Waals surface area contributed by atoms with Gasteiger partial charge in [-0.25, -0.2) is 9.67 Å². The third kappa shape index (κ3) is 2.04. The fourth-order valence-corrected chi connectivity index (χ4v) is 1.98. The lowest BCUT2D eigenvalue weighted by molar-refractivity contribution is -0.132. The quantitative estimate of drug-likeness (QED) is 0.783. The van der Waals surface area contributed by atoms with Crippen LogP contribution in [0.2, 0.25) is 0 Å². The number of hydrogen-bond acceptors (Lipinski definition) is 4. The number of nitrogens with zero attached hydrogens (tertiary/aromatic N) is 3. The van der Waals surface area contributed by atoms with Gasteiger partial charge in [0.05, 0.1) is 6.10 Å². The lowest BCUT2D eigenvalue weighted by Crippen LogP contribution is -2.61. The third-order valence-electron chi connectivity index (χ3n) is 3.75. The second kappa shape index (κ2) is 4.10. The second-order valence-electron chi connectivity index (χ2n) is 5.19. The minimum atomic E-state index is -0.383. The van der Waals surface area contributed by atoms with Gasteiger partial charge in [-0.3, -0.25) is 4.79 Å². The molecule has 6 heteroatoms. The van der Waals surface area contributed by atoms with Crippen molar-refractivity contribution in [1.29, 1.82) is 0 Å². The summed E-state index contributed by atoms with van der Waals surface area (Å²) in [7, 11) is 0. The normalized spacial score (nSPS) is 28.2. The fraction of sp³-hybridized carbons (Fsp3) is 0.727. The molecule has 0 aromatic carbocycles. The molecule has 1 aliphatic carbocycles. The molecule has 1 aromatic rings. The Morgan fingerprint density at radius 1 is 1.65 bits per heavy atom. The molecule has 0 spiro atoms. The van der Waals surface area contributed by atoms with Crippen LogP contribution in [-0.4, -0.2) is 37.9 Å². The highest BCUT2D eigenvalue weighted by Crippen LogP contribution is 2.40. The first kappa shape index (κ1) is 12.0. The molecule has 1 aliphatic rings. The van der Waals surface area contributed by atoms with Crippen molar-refractivity contribution >= 4 is 5.91 Å². The van der Waals surface area contributed by atoms with Gasteiger partial charge in [-0.1, -0.05) is 13.8 Å². The van der Waals surface area contributed by atoms with Crippen LogP contribution in [0.4, 0.5) is 0 Å². The molecule has 17 heavy (non-hydrogen) atoms. The van der Waals surface area contributed by atoms with Gasteiger partial charge in [-0.05, 0) is 13.3 Å². The average molecular weight is 238 g/mol. The van der Waals surface area contributed by atoms with Crippen LogP contribution >= 0.6 is 0 Å². The molecule has 1 amide bonds. The van der Waals surface area contributed by atoms with E-state index < -0.39 is 0 Å². The number of rotatable bonds is 3. The number of amides is 1. The highest BCUT2D eigenvalue weighted by Gasteiger charge is 2.48. The van der Waals surface area contributed by atoms with Gasteiger partial charge >= 0.3 is 0 Å². The van der Waals surface area contributed by atoms with Crippen molar-refractivity contribution in [3.05, 3.63) is 12.7 Å². The van der Waals surface area contributed by atoms with Crippen LogP contribution in [0.25, 0.3) is 0 Å². The number of aliphatic hydroxyl groups is 1. The molecule has 0 radical (unpaired) electrons. The molecule has 1 aromatic heterocycles. The van der Waals surface area contributed by atoms with Gasteiger partial charge in [0, 0.05) is 11.5 Å². The summed E-state index contributed by atoms with van der Waals surface area (Å²) >= 11 is 0. The van der Waals surface area contributed by atoms with Crippen LogP contribution in [0.15, 0.2) is 12.7 Å². The first-order chi connectivity index (χ1) is 7.93. The van der Waals surface area contributed by atoms with Crippen LogP contribution in [0, 0.1) is 5.41 Å². The Labute approximate surface area is 100 Å². The molecular weight excluding hydrogens is 220 g/mol. The monoisotopic (exact) mass is 238 g/mol. The van der Waals surface area contributed by atoms with Crippen molar-refractivity contribution in [2.45, 2.75) is 45.4 Å². The van der Waals surface area contributed by atoms with Crippen molar-refractivity contribution in [2.75, 3.05) is 0 Å². The minimum Gasteiger partial charge on any atom is -0.392 e. The molecule has 3 unspecified atom stereocenters. The van der Waals surface area contributed by atoms with Gasteiger partial charge in [0.15, 0.2) is 0 Å². The largest absolute Gasteiger partial charge is 0.392 e. The van der Waals surface area contributed by atoms with E-state index in [2.05, 4.69) is 15.4 Å². The molecule has 2 N–H and O–H groups in total. The van der Waals surface area contributed by atoms with Crippen LogP contribution in [0.3, 0.4) is 0 Å². The second-order valence-corrected chi connectivity index (χ2v) is 5.19. The van der Waals surface area contributed by atoms with Crippen LogP contribution in [-0.2, 0) is 4.79 Å². The number of aliphatic hydroxyl groups excluding tert-OH is 1. The lowest BCUT2D eigenvalue weighted by Gasteiger charge is -2.49. The van der Waals surface area contributed by atoms with Gasteiger partial charge in [-0.15, -0.1) is 0 Å². The van der Waals surface area contributed by atoms with E-state index in [1.807, 2.05) is 13.8 Å². The van der Waals surface area contributed by atoms with Gasteiger partial charge in [0.2, 0.25) is 5.91 Å². The highest BCUT2D eigenvalue weighted by molar-refractivity contribution is 5.80. The smallest absolute Gasteiger partial charge is 0.244 e. The Balaban J connectivity index is 1.95. The molecule has 1 fully saturated rings. The topological polar surface area (TPSA) is 80.0 Å². The predicted octanol–water partition coefficient (Wildman–Crippen LogP) is 0.115. The molecule has 3 atom stereocenters. The summed E-state index contributed by atoms with van der Waals surface area (Å²) in [6.45, 7) is 5.67. The van der Waals surface area contributed by atoms with Gasteiger partial charge < -0.3 is 10.4 Å². The maximum atomic E-state index is 12.0. The third-order valence-corrected chi connectivity index (χ3v) is 3.75. The Hall–Kier alpha value is -1.43. The fourth-order valence-electron chi connectivity index (χ4n) is 1.98. The zero-order chi connectivity index (χ0) is 12.6. The summed E-state index contributed by atoms with van der Waals surface area (Å²) in [4.78, 5) is 15.8. The first-order valence-electron chi connectivity index (χ1n) is 5.75. The standard InChI is InChI=1S/C11H18N4O2/c1-7(15-6-12-5-13-15)10(17)14-8-4-9(16)11(8,2)3/h5-9,16H,4H2,1-3H3,(H,14,17). The van der Waals surface area contributed by atoms with E-state index in [1.165, 1.54) is 17.3 Å². The zero-order valence-electron chi connectivity index (χ0n) is 10.3. The summed E-state index contributed by atoms with van der Waals surface area (Å²) in [5, 5.41) is 16.5. The van der Waals surface area contributed by atoms with Crippen LogP contribution in [0.5, 0.6) is 0 Å². The number of aromatic nitrogens is 3. The van der Waals surface area contributed by atoms with Crippen molar-refractivity contribution in [2.24, 2.45) is 5.41 Å². The van der Waals surface area contributed by atoms with Gasteiger partial charge in [0.1, 0.15) is 18.7 Å². The maximum Gasteiger partial charge on any atom is 0.244 e. The van der Waals surface area contributed by atoms with Crippen molar-refractivity contribution in [1.82, 2.24) is 20.1 Å². The summed E-state index contributed by atoms with van der Waals surface area (Å²) in [6, 6.07) is -0.359. The summed E-state index contributed by atoms with van der Waals surface area (Å²) < 4.78 is 1.51. The van der Waals surface area contributed by atoms with Crippen LogP contribution in [0.1, 0.15) is 33.2 Å². The Morgan fingerprint density at radius 3 is 2.82 bits per heavy atom. The molecule has 0 aliphatic heterocycles. The van der Waals surface area contributed by atoms with Crippen molar-refractivity contribution < 1.29 is 9.90 Å². The maximum absolute atomic E-state index is 12.0. The molecule has 1 heterocycles. The number of carbonyl (C=O) groups excluding carboxylic acids is 1. The molecule has 2 rings (SSSR count).